The van der Waals surface area contributed by atoms with E-state index in [1.165, 1.54) is 10.9 Å². The Bertz CT molecular complexity index is 895. The maximum absolute atomic E-state index is 14.0. The number of halogens is 2. The maximum Gasteiger partial charge on any atom is 0.287 e. The van der Waals surface area contributed by atoms with Gasteiger partial charge in [-0.15, -0.1) is 0 Å². The summed E-state index contributed by atoms with van der Waals surface area (Å²) in [5.74, 6) is 0.0863. The lowest BCUT2D eigenvalue weighted by molar-refractivity contribution is 0.0595. The first-order valence-corrected chi connectivity index (χ1v) is 10.4. The molecule has 9 heteroatoms. The first-order valence-electron chi connectivity index (χ1n) is 10.1. The van der Waals surface area contributed by atoms with Gasteiger partial charge in [-0.05, 0) is 37.7 Å². The van der Waals surface area contributed by atoms with Gasteiger partial charge >= 0.3 is 0 Å². The molecule has 156 valence electrons. The summed E-state index contributed by atoms with van der Waals surface area (Å²) in [5.41, 5.74) is 0.822. The largest absolute Gasteiger partial charge is 0.382 e. The van der Waals surface area contributed by atoms with Crippen molar-refractivity contribution in [2.24, 2.45) is 5.92 Å². The summed E-state index contributed by atoms with van der Waals surface area (Å²) in [6, 6.07) is 1.62. The van der Waals surface area contributed by atoms with Gasteiger partial charge in [-0.3, -0.25) is 9.78 Å². The molecule has 0 amide bonds. The minimum absolute atomic E-state index is 0.0538. The van der Waals surface area contributed by atoms with Crippen LogP contribution < -0.4 is 15.8 Å². The number of piperidine rings is 1. The minimum Gasteiger partial charge on any atom is -0.382 e. The van der Waals surface area contributed by atoms with Gasteiger partial charge in [0.1, 0.15) is 5.02 Å². The summed E-state index contributed by atoms with van der Waals surface area (Å²) in [6.07, 6.45) is 7.98. The summed E-state index contributed by atoms with van der Waals surface area (Å²) < 4.78 is 20.9. The SMILES string of the molecule is O=c1c(Cl)c(NC[C@H]2CCCOC2)cnn1C1CCN(c2ccncc2F)CC1. The lowest BCUT2D eigenvalue weighted by Crippen LogP contribution is -2.39. The Morgan fingerprint density at radius 1 is 1.28 bits per heavy atom. The van der Waals surface area contributed by atoms with Crippen LogP contribution in [0.25, 0.3) is 0 Å². The Balaban J connectivity index is 1.40. The van der Waals surface area contributed by atoms with Gasteiger partial charge in [0, 0.05) is 32.4 Å². The van der Waals surface area contributed by atoms with Crippen LogP contribution in [0.1, 0.15) is 31.7 Å². The number of rotatable bonds is 5. The van der Waals surface area contributed by atoms with Gasteiger partial charge in [0.25, 0.3) is 5.56 Å². The van der Waals surface area contributed by atoms with Crippen molar-refractivity contribution in [3.63, 3.8) is 0 Å². The quantitative estimate of drug-likeness (QED) is 0.799. The second-order valence-electron chi connectivity index (χ2n) is 7.63. The molecule has 0 radical (unpaired) electrons. The lowest BCUT2D eigenvalue weighted by Gasteiger charge is -2.33. The van der Waals surface area contributed by atoms with Crippen LogP contribution in [0.15, 0.2) is 29.5 Å². The highest BCUT2D eigenvalue weighted by Crippen LogP contribution is 2.27. The van der Waals surface area contributed by atoms with E-state index in [9.17, 15) is 9.18 Å². The fourth-order valence-corrected chi connectivity index (χ4v) is 4.23. The van der Waals surface area contributed by atoms with Crippen LogP contribution in [-0.4, -0.2) is 47.6 Å². The first kappa shape index (κ1) is 20.1. The number of aromatic nitrogens is 3. The summed E-state index contributed by atoms with van der Waals surface area (Å²) >= 11 is 6.35. The second kappa shape index (κ2) is 9.09. The molecule has 2 aromatic heterocycles. The van der Waals surface area contributed by atoms with Crippen LogP contribution in [0.2, 0.25) is 5.02 Å². The second-order valence-corrected chi connectivity index (χ2v) is 8.01. The van der Waals surface area contributed by atoms with E-state index in [1.807, 2.05) is 4.90 Å². The molecule has 0 aromatic carbocycles. The van der Waals surface area contributed by atoms with Crippen molar-refractivity contribution >= 4 is 23.0 Å². The molecule has 0 bridgehead atoms. The van der Waals surface area contributed by atoms with Crippen molar-refractivity contribution in [2.45, 2.75) is 31.7 Å². The molecule has 7 nitrogen and oxygen atoms in total. The zero-order valence-corrected chi connectivity index (χ0v) is 16.9. The van der Waals surface area contributed by atoms with Gasteiger partial charge in [-0.2, -0.15) is 5.10 Å². The fraction of sp³-hybridized carbons (Fsp3) is 0.550. The molecule has 0 spiro atoms. The highest BCUT2D eigenvalue weighted by atomic mass is 35.5. The van der Waals surface area contributed by atoms with Gasteiger partial charge in [-0.1, -0.05) is 11.6 Å². The summed E-state index contributed by atoms with van der Waals surface area (Å²) in [5, 5.41) is 7.78. The monoisotopic (exact) mass is 421 g/mol. The van der Waals surface area contributed by atoms with Crippen molar-refractivity contribution in [1.29, 1.82) is 0 Å². The zero-order valence-electron chi connectivity index (χ0n) is 16.2. The van der Waals surface area contributed by atoms with Gasteiger partial charge in [0.15, 0.2) is 5.82 Å². The van der Waals surface area contributed by atoms with E-state index in [2.05, 4.69) is 15.4 Å². The Morgan fingerprint density at radius 3 is 2.83 bits per heavy atom. The van der Waals surface area contributed by atoms with E-state index in [-0.39, 0.29) is 22.4 Å². The molecule has 2 aromatic rings. The number of anilines is 2. The topological polar surface area (TPSA) is 72.3 Å². The van der Waals surface area contributed by atoms with Gasteiger partial charge in [0.2, 0.25) is 0 Å². The number of ether oxygens (including phenoxy) is 1. The number of nitrogens with one attached hydrogen (secondary N) is 1. The predicted molar refractivity (Wildman–Crippen MR) is 110 cm³/mol. The standard InChI is InChI=1S/C20H25ClFN5O2/c21-19-17(24-10-14-2-1-9-29-13-14)12-25-27(20(19)28)15-4-7-26(8-5-15)18-3-6-23-11-16(18)22/h3,6,11-12,14-15,24H,1-2,4-5,7-10,13H2/t14-/m1/s1. The molecule has 2 saturated heterocycles. The number of hydrogen-bond acceptors (Lipinski definition) is 6. The third-order valence-corrected chi connectivity index (χ3v) is 6.05. The smallest absolute Gasteiger partial charge is 0.287 e. The van der Waals surface area contributed by atoms with E-state index >= 15 is 0 Å². The van der Waals surface area contributed by atoms with E-state index in [1.54, 1.807) is 18.5 Å². The average Bonchev–Trinajstić information content (AvgIpc) is 2.76. The Kier molecular flexibility index (Phi) is 6.30. The van der Waals surface area contributed by atoms with E-state index in [0.717, 1.165) is 26.1 Å². The molecule has 2 aliphatic heterocycles. The highest BCUT2D eigenvalue weighted by molar-refractivity contribution is 6.32. The number of nitrogens with zero attached hydrogens (tertiary/aromatic N) is 4. The van der Waals surface area contributed by atoms with E-state index in [4.69, 9.17) is 16.3 Å². The molecular formula is C20H25ClFN5O2. The number of hydrogen-bond donors (Lipinski definition) is 1. The van der Waals surface area contributed by atoms with Crippen molar-refractivity contribution in [2.75, 3.05) is 43.1 Å². The van der Waals surface area contributed by atoms with Gasteiger partial charge in [-0.25, -0.2) is 9.07 Å². The third-order valence-electron chi connectivity index (χ3n) is 5.68. The molecule has 0 unspecified atom stereocenters. The molecule has 1 N–H and O–H groups in total. The Labute approximate surface area is 173 Å². The van der Waals surface area contributed by atoms with Crippen molar-refractivity contribution < 1.29 is 9.13 Å². The van der Waals surface area contributed by atoms with Crippen molar-refractivity contribution in [3.05, 3.63) is 45.9 Å². The summed E-state index contributed by atoms with van der Waals surface area (Å²) in [6.45, 7) is 3.53. The van der Waals surface area contributed by atoms with E-state index in [0.29, 0.717) is 49.8 Å². The van der Waals surface area contributed by atoms with Gasteiger partial charge < -0.3 is 15.0 Å². The number of pyridine rings is 1. The molecular weight excluding hydrogens is 397 g/mol. The molecule has 1 atom stereocenters. The van der Waals surface area contributed by atoms with Crippen LogP contribution in [-0.2, 0) is 4.74 Å². The minimum atomic E-state index is -0.330. The summed E-state index contributed by atoms with van der Waals surface area (Å²) in [7, 11) is 0. The fourth-order valence-electron chi connectivity index (χ4n) is 4.03. The summed E-state index contributed by atoms with van der Waals surface area (Å²) in [4.78, 5) is 18.5. The lowest BCUT2D eigenvalue weighted by atomic mass is 10.0. The highest BCUT2D eigenvalue weighted by Gasteiger charge is 2.25. The third kappa shape index (κ3) is 4.53. The van der Waals surface area contributed by atoms with E-state index < -0.39 is 0 Å². The van der Waals surface area contributed by atoms with Crippen LogP contribution in [0.5, 0.6) is 0 Å². The molecule has 4 heterocycles. The molecule has 4 rings (SSSR count). The Morgan fingerprint density at radius 2 is 2.10 bits per heavy atom. The molecule has 0 aliphatic carbocycles. The maximum atomic E-state index is 14.0. The first-order chi connectivity index (χ1) is 14.1. The molecule has 2 aliphatic rings. The normalized spacial score (nSPS) is 20.6. The van der Waals surface area contributed by atoms with Crippen LogP contribution in [0.3, 0.4) is 0 Å². The molecule has 0 saturated carbocycles. The zero-order chi connectivity index (χ0) is 20.2. The van der Waals surface area contributed by atoms with Crippen molar-refractivity contribution in [3.8, 4) is 0 Å². The van der Waals surface area contributed by atoms with Crippen LogP contribution in [0.4, 0.5) is 15.8 Å². The van der Waals surface area contributed by atoms with Crippen molar-refractivity contribution in [1.82, 2.24) is 14.8 Å². The Hall–Kier alpha value is -2.19. The predicted octanol–water partition coefficient (Wildman–Crippen LogP) is 3.11. The average molecular weight is 422 g/mol. The van der Waals surface area contributed by atoms with Crippen LogP contribution in [0, 0.1) is 11.7 Å². The molecule has 2 fully saturated rings. The van der Waals surface area contributed by atoms with Gasteiger partial charge in [0.05, 0.1) is 36.4 Å². The molecule has 29 heavy (non-hydrogen) atoms. The van der Waals surface area contributed by atoms with Crippen LogP contribution >= 0.6 is 11.6 Å².